The van der Waals surface area contributed by atoms with Gasteiger partial charge >= 0.3 is 0 Å². The summed E-state index contributed by atoms with van der Waals surface area (Å²) in [6.45, 7) is 13.7. The largest absolute Gasteiger partial charge is 0.298 e. The van der Waals surface area contributed by atoms with Crippen LogP contribution in [0.5, 0.6) is 0 Å². The van der Waals surface area contributed by atoms with Crippen LogP contribution < -0.4 is 0 Å². The van der Waals surface area contributed by atoms with Crippen molar-refractivity contribution in [3.05, 3.63) is 83.9 Å². The molecule has 40 heavy (non-hydrogen) atoms. The molecule has 210 valence electrons. The second-order valence-corrected chi connectivity index (χ2v) is 14.9. The molecule has 0 spiro atoms. The number of rotatable bonds is 7. The first-order valence-electron chi connectivity index (χ1n) is 15.4. The summed E-state index contributed by atoms with van der Waals surface area (Å²) in [5.41, 5.74) is -0.211. The number of carbonyl (C=O) groups excluding carboxylic acids is 2. The Bertz CT molecular complexity index is 1270. The molecule has 2 nitrogen and oxygen atoms in total. The topological polar surface area (TPSA) is 34.1 Å². The van der Waals surface area contributed by atoms with E-state index in [1.807, 2.05) is 12.1 Å². The van der Waals surface area contributed by atoms with Gasteiger partial charge in [0, 0.05) is 21.7 Å². The molecular weight excluding hydrogens is 488 g/mol. The van der Waals surface area contributed by atoms with Crippen molar-refractivity contribution in [2.45, 2.75) is 80.1 Å². The molecule has 0 aromatic heterocycles. The van der Waals surface area contributed by atoms with Gasteiger partial charge in [-0.05, 0) is 72.3 Å². The van der Waals surface area contributed by atoms with Crippen LogP contribution in [0, 0.1) is 44.3 Å². The van der Waals surface area contributed by atoms with E-state index >= 15 is 9.59 Å². The highest BCUT2D eigenvalue weighted by molar-refractivity contribution is 6.05. The van der Waals surface area contributed by atoms with Crippen molar-refractivity contribution in [1.82, 2.24) is 0 Å². The fraction of sp³-hybridized carbons (Fsp3) is 0.526. The maximum atomic E-state index is 15.2. The van der Waals surface area contributed by atoms with E-state index in [1.54, 1.807) is 0 Å². The molecule has 0 heterocycles. The molecule has 6 atom stereocenters. The lowest BCUT2D eigenvalue weighted by Crippen LogP contribution is -2.59. The van der Waals surface area contributed by atoms with Gasteiger partial charge in [-0.1, -0.05) is 127 Å². The van der Waals surface area contributed by atoms with Gasteiger partial charge in [-0.3, -0.25) is 9.59 Å². The van der Waals surface area contributed by atoms with Crippen molar-refractivity contribution in [2.24, 2.45) is 44.3 Å². The van der Waals surface area contributed by atoms with Gasteiger partial charge in [-0.15, -0.1) is 0 Å². The maximum absolute atomic E-state index is 15.2. The van der Waals surface area contributed by atoms with Gasteiger partial charge in [0.2, 0.25) is 0 Å². The van der Waals surface area contributed by atoms with E-state index in [9.17, 15) is 0 Å². The molecular formula is C38H46O2. The average molecular weight is 535 g/mol. The van der Waals surface area contributed by atoms with Gasteiger partial charge in [-0.2, -0.15) is 0 Å². The van der Waals surface area contributed by atoms with E-state index < -0.39 is 21.7 Å². The summed E-state index contributed by atoms with van der Waals surface area (Å²) in [7, 11) is 0. The lowest BCUT2D eigenvalue weighted by Gasteiger charge is -2.55. The number of allylic oxidation sites excluding steroid dienone is 2. The SMILES string of the molecule is CC1(C)[C@@H]2CC[C@@]1(C)C(=O)[C@]2(C/C=C\c1ccccc1)[C@]1(C/C=C/c2ccccc2)C(=O)[C@@]2(C)CC[C@H]1C2(C)C. The van der Waals surface area contributed by atoms with Crippen LogP contribution >= 0.6 is 0 Å². The van der Waals surface area contributed by atoms with Crippen LogP contribution in [-0.4, -0.2) is 11.6 Å². The maximum Gasteiger partial charge on any atom is 0.147 e. The van der Waals surface area contributed by atoms with Crippen molar-refractivity contribution < 1.29 is 9.59 Å². The van der Waals surface area contributed by atoms with E-state index in [0.717, 1.165) is 36.8 Å². The van der Waals surface area contributed by atoms with Crippen LogP contribution in [0.3, 0.4) is 0 Å². The third-order valence-electron chi connectivity index (χ3n) is 13.4. The molecule has 2 aromatic carbocycles. The van der Waals surface area contributed by atoms with Crippen LogP contribution in [0.15, 0.2) is 72.8 Å². The first-order valence-corrected chi connectivity index (χ1v) is 15.4. The molecule has 4 fully saturated rings. The Hall–Kier alpha value is -2.74. The van der Waals surface area contributed by atoms with E-state index in [4.69, 9.17) is 0 Å². The molecule has 4 aliphatic rings. The summed E-state index contributed by atoms with van der Waals surface area (Å²) in [6, 6.07) is 20.7. The quantitative estimate of drug-likeness (QED) is 0.355. The van der Waals surface area contributed by atoms with E-state index in [-0.39, 0.29) is 22.7 Å². The Labute approximate surface area is 241 Å². The molecule has 0 amide bonds. The van der Waals surface area contributed by atoms with Gasteiger partial charge in [0.1, 0.15) is 11.6 Å². The second-order valence-electron chi connectivity index (χ2n) is 14.9. The van der Waals surface area contributed by atoms with Crippen LogP contribution in [0.4, 0.5) is 0 Å². The summed E-state index contributed by atoms with van der Waals surface area (Å²) in [5, 5.41) is 0. The van der Waals surface area contributed by atoms with Crippen molar-refractivity contribution in [3.8, 4) is 0 Å². The van der Waals surface area contributed by atoms with Crippen LogP contribution in [-0.2, 0) is 9.59 Å². The molecule has 0 N–H and O–H groups in total. The zero-order valence-electron chi connectivity index (χ0n) is 25.3. The minimum Gasteiger partial charge on any atom is -0.298 e. The third-order valence-corrected chi connectivity index (χ3v) is 13.4. The highest BCUT2D eigenvalue weighted by Crippen LogP contribution is 2.83. The van der Waals surface area contributed by atoms with Crippen molar-refractivity contribution in [3.63, 3.8) is 0 Å². The van der Waals surface area contributed by atoms with Crippen LogP contribution in [0.1, 0.15) is 91.2 Å². The third kappa shape index (κ3) is 3.17. The van der Waals surface area contributed by atoms with Gasteiger partial charge in [0.05, 0.1) is 0 Å². The van der Waals surface area contributed by atoms with Gasteiger partial charge in [-0.25, -0.2) is 0 Å². The molecule has 0 aliphatic heterocycles. The summed E-state index contributed by atoms with van der Waals surface area (Å²) < 4.78 is 0. The molecule has 0 unspecified atom stereocenters. The Kier molecular flexibility index (Phi) is 6.09. The molecule has 4 aliphatic carbocycles. The monoisotopic (exact) mass is 534 g/mol. The van der Waals surface area contributed by atoms with Crippen molar-refractivity contribution >= 4 is 23.7 Å². The molecule has 6 rings (SSSR count). The normalized spacial score (nSPS) is 39.2. The van der Waals surface area contributed by atoms with Crippen molar-refractivity contribution in [2.75, 3.05) is 0 Å². The highest BCUT2D eigenvalue weighted by Gasteiger charge is 2.85. The molecule has 2 heteroatoms. The number of hydrogen-bond acceptors (Lipinski definition) is 2. The number of Topliss-reactive ketones (excluding diaryl/α,β-unsaturated/α-hetero) is 2. The predicted octanol–water partition coefficient (Wildman–Crippen LogP) is 9.22. The van der Waals surface area contributed by atoms with Crippen LogP contribution in [0.2, 0.25) is 0 Å². The van der Waals surface area contributed by atoms with E-state index in [0.29, 0.717) is 24.4 Å². The first kappa shape index (κ1) is 27.4. The lowest BCUT2D eigenvalue weighted by molar-refractivity contribution is -0.163. The zero-order valence-corrected chi connectivity index (χ0v) is 25.3. The molecule has 0 radical (unpaired) electrons. The van der Waals surface area contributed by atoms with E-state index in [2.05, 4.69) is 114 Å². The van der Waals surface area contributed by atoms with E-state index in [1.165, 1.54) is 0 Å². The van der Waals surface area contributed by atoms with Gasteiger partial charge in [0.25, 0.3) is 0 Å². The van der Waals surface area contributed by atoms with Crippen LogP contribution in [0.25, 0.3) is 12.2 Å². The Morgan fingerprint density at radius 3 is 1.25 bits per heavy atom. The summed E-state index contributed by atoms with van der Waals surface area (Å²) in [5.74, 6) is 1.11. The summed E-state index contributed by atoms with van der Waals surface area (Å²) in [6.07, 6.45) is 14.0. The minimum absolute atomic E-state index is 0.145. The number of ketones is 2. The minimum atomic E-state index is -0.701. The van der Waals surface area contributed by atoms with Crippen molar-refractivity contribution in [1.29, 1.82) is 0 Å². The number of carbonyl (C=O) groups is 2. The highest BCUT2D eigenvalue weighted by atomic mass is 16.1. The molecule has 0 saturated heterocycles. The fourth-order valence-corrected chi connectivity index (χ4v) is 10.6. The standard InChI is InChI=1S/C38H46O2/c1-33(2)29-21-25-35(33,5)31(39)37(29,23-13-19-27-15-9-7-10-16-27)38(24-14-20-28-17-11-8-12-18-28)30-22-26-36(6,32(38)40)34(30,3)4/h7-20,29-30H,21-26H2,1-6H3/b19-13-,20-14+/t29-,30-,35-,36+,37+,38-/m0/s1. The zero-order chi connectivity index (χ0) is 28.6. The molecule has 2 aromatic rings. The number of benzene rings is 2. The average Bonchev–Trinajstić information content (AvgIpc) is 3.42. The second kappa shape index (κ2) is 8.88. The predicted molar refractivity (Wildman–Crippen MR) is 164 cm³/mol. The Morgan fingerprint density at radius 1 is 0.600 bits per heavy atom. The fourth-order valence-electron chi connectivity index (χ4n) is 10.6. The summed E-state index contributed by atoms with van der Waals surface area (Å²) in [4.78, 5) is 30.4. The molecule has 4 saturated carbocycles. The molecule has 4 bridgehead atoms. The smallest absolute Gasteiger partial charge is 0.147 e. The van der Waals surface area contributed by atoms with Gasteiger partial charge in [0.15, 0.2) is 0 Å². The Balaban J connectivity index is 1.56. The number of hydrogen-bond donors (Lipinski definition) is 0. The Morgan fingerprint density at radius 2 is 0.950 bits per heavy atom. The number of fused-ring (bicyclic) bond motifs is 4. The lowest BCUT2D eigenvalue weighted by atomic mass is 9.45. The summed E-state index contributed by atoms with van der Waals surface area (Å²) >= 11 is 0. The first-order chi connectivity index (χ1) is 18.9. The van der Waals surface area contributed by atoms with Gasteiger partial charge < -0.3 is 0 Å².